The number of ether oxygens (including phenoxy) is 1. The fourth-order valence-electron chi connectivity index (χ4n) is 3.01. The van der Waals surface area contributed by atoms with Crippen LogP contribution in [0.1, 0.15) is 23.2 Å². The van der Waals surface area contributed by atoms with E-state index in [1.54, 1.807) is 0 Å². The number of aromatic nitrogens is 1. The Bertz CT molecular complexity index is 806. The van der Waals surface area contributed by atoms with Crippen molar-refractivity contribution in [2.75, 3.05) is 0 Å². The zero-order chi connectivity index (χ0) is 14.2. The monoisotopic (exact) mass is 275 g/mol. The molecule has 21 heavy (non-hydrogen) atoms. The molecule has 1 heterocycles. The van der Waals surface area contributed by atoms with Gasteiger partial charge in [0.15, 0.2) is 0 Å². The SMILES string of the molecule is Cc1ccc(Oc2c3c(nc4ccccc24)CCC3)cc1. The van der Waals surface area contributed by atoms with Crippen LogP contribution in [0.2, 0.25) is 0 Å². The summed E-state index contributed by atoms with van der Waals surface area (Å²) in [5.41, 5.74) is 4.76. The molecule has 2 nitrogen and oxygen atoms in total. The fraction of sp³-hybridized carbons (Fsp3) is 0.211. The molecule has 0 aliphatic heterocycles. The number of rotatable bonds is 2. The van der Waals surface area contributed by atoms with Crippen LogP contribution in [0.4, 0.5) is 0 Å². The first-order chi connectivity index (χ1) is 10.3. The van der Waals surface area contributed by atoms with Crippen LogP contribution in [-0.2, 0) is 12.8 Å². The van der Waals surface area contributed by atoms with Crippen LogP contribution in [-0.4, -0.2) is 4.98 Å². The van der Waals surface area contributed by atoms with Gasteiger partial charge >= 0.3 is 0 Å². The van der Waals surface area contributed by atoms with Gasteiger partial charge in [-0.05, 0) is 50.5 Å². The maximum absolute atomic E-state index is 6.25. The van der Waals surface area contributed by atoms with Gasteiger partial charge in [0.2, 0.25) is 0 Å². The average Bonchev–Trinajstić information content (AvgIpc) is 2.97. The molecule has 0 saturated carbocycles. The first-order valence-electron chi connectivity index (χ1n) is 7.46. The molecule has 0 amide bonds. The second-order valence-corrected chi connectivity index (χ2v) is 5.65. The molecule has 0 spiro atoms. The van der Waals surface area contributed by atoms with Gasteiger partial charge in [-0.1, -0.05) is 29.8 Å². The normalized spacial score (nSPS) is 13.4. The molecule has 0 saturated heterocycles. The summed E-state index contributed by atoms with van der Waals surface area (Å²) in [7, 11) is 0. The van der Waals surface area contributed by atoms with E-state index in [-0.39, 0.29) is 0 Å². The Morgan fingerprint density at radius 2 is 1.76 bits per heavy atom. The standard InChI is InChI=1S/C19H17NO/c1-13-9-11-14(12-10-13)21-19-15-5-2-3-7-17(15)20-18-8-4-6-16(18)19/h2-3,5,7,9-12H,4,6,8H2,1H3. The number of pyridine rings is 1. The van der Waals surface area contributed by atoms with Gasteiger partial charge in [0.05, 0.1) is 5.52 Å². The topological polar surface area (TPSA) is 22.1 Å². The highest BCUT2D eigenvalue weighted by Crippen LogP contribution is 2.38. The van der Waals surface area contributed by atoms with Crippen molar-refractivity contribution in [1.82, 2.24) is 4.98 Å². The third-order valence-electron chi connectivity index (χ3n) is 4.11. The summed E-state index contributed by atoms with van der Waals surface area (Å²) in [6, 6.07) is 16.5. The van der Waals surface area contributed by atoms with E-state index in [1.165, 1.54) is 23.2 Å². The minimum absolute atomic E-state index is 0.894. The van der Waals surface area contributed by atoms with Crippen molar-refractivity contribution in [1.29, 1.82) is 0 Å². The highest BCUT2D eigenvalue weighted by atomic mass is 16.5. The molecule has 0 bridgehead atoms. The molecular weight excluding hydrogens is 258 g/mol. The summed E-state index contributed by atoms with van der Waals surface area (Å²) in [5.74, 6) is 1.89. The minimum atomic E-state index is 0.894. The largest absolute Gasteiger partial charge is 0.456 e. The second kappa shape index (κ2) is 4.88. The Kier molecular flexibility index (Phi) is 2.88. The smallest absolute Gasteiger partial charge is 0.141 e. The quantitative estimate of drug-likeness (QED) is 0.668. The maximum atomic E-state index is 6.25. The molecule has 0 N–H and O–H groups in total. The van der Waals surface area contributed by atoms with E-state index in [0.717, 1.165) is 35.2 Å². The van der Waals surface area contributed by atoms with E-state index in [4.69, 9.17) is 9.72 Å². The van der Waals surface area contributed by atoms with E-state index in [2.05, 4.69) is 31.2 Å². The van der Waals surface area contributed by atoms with Crippen LogP contribution in [0.5, 0.6) is 11.5 Å². The molecule has 0 radical (unpaired) electrons. The van der Waals surface area contributed by atoms with Crippen molar-refractivity contribution in [2.24, 2.45) is 0 Å². The molecule has 1 aliphatic rings. The van der Waals surface area contributed by atoms with Gasteiger partial charge in [-0.25, -0.2) is 0 Å². The highest BCUT2D eigenvalue weighted by molar-refractivity contribution is 5.87. The van der Waals surface area contributed by atoms with E-state index < -0.39 is 0 Å². The average molecular weight is 275 g/mol. The highest BCUT2D eigenvalue weighted by Gasteiger charge is 2.20. The van der Waals surface area contributed by atoms with E-state index >= 15 is 0 Å². The predicted molar refractivity (Wildman–Crippen MR) is 85.0 cm³/mol. The Morgan fingerprint density at radius 3 is 2.62 bits per heavy atom. The molecule has 3 aromatic rings. The van der Waals surface area contributed by atoms with Crippen molar-refractivity contribution in [3.8, 4) is 11.5 Å². The molecule has 1 aliphatic carbocycles. The molecule has 2 heteroatoms. The van der Waals surface area contributed by atoms with Crippen molar-refractivity contribution < 1.29 is 4.74 Å². The number of aryl methyl sites for hydroxylation is 2. The van der Waals surface area contributed by atoms with Gasteiger partial charge in [-0.15, -0.1) is 0 Å². The first-order valence-corrected chi connectivity index (χ1v) is 7.46. The van der Waals surface area contributed by atoms with E-state index in [0.29, 0.717) is 0 Å². The summed E-state index contributed by atoms with van der Waals surface area (Å²) in [6.07, 6.45) is 3.29. The molecule has 1 aromatic heterocycles. The summed E-state index contributed by atoms with van der Waals surface area (Å²) in [4.78, 5) is 4.79. The summed E-state index contributed by atoms with van der Waals surface area (Å²) >= 11 is 0. The minimum Gasteiger partial charge on any atom is -0.456 e. The third kappa shape index (κ3) is 2.17. The maximum Gasteiger partial charge on any atom is 0.141 e. The van der Waals surface area contributed by atoms with Gasteiger partial charge in [0.1, 0.15) is 11.5 Å². The number of hydrogen-bond donors (Lipinski definition) is 0. The van der Waals surface area contributed by atoms with Gasteiger partial charge in [0.25, 0.3) is 0 Å². The zero-order valence-corrected chi connectivity index (χ0v) is 12.1. The molecule has 2 aromatic carbocycles. The molecule has 0 fully saturated rings. The van der Waals surface area contributed by atoms with Crippen LogP contribution in [0, 0.1) is 6.92 Å². The summed E-state index contributed by atoms with van der Waals surface area (Å²) in [6.45, 7) is 2.09. The summed E-state index contributed by atoms with van der Waals surface area (Å²) < 4.78 is 6.25. The van der Waals surface area contributed by atoms with Crippen molar-refractivity contribution in [3.05, 3.63) is 65.4 Å². The lowest BCUT2D eigenvalue weighted by Gasteiger charge is -2.13. The predicted octanol–water partition coefficient (Wildman–Crippen LogP) is 4.82. The first kappa shape index (κ1) is 12.4. The van der Waals surface area contributed by atoms with Crippen molar-refractivity contribution in [2.45, 2.75) is 26.2 Å². The third-order valence-corrected chi connectivity index (χ3v) is 4.11. The number of nitrogens with zero attached hydrogens (tertiary/aromatic N) is 1. The van der Waals surface area contributed by atoms with Gasteiger partial charge in [-0.3, -0.25) is 4.98 Å². The Hall–Kier alpha value is -2.35. The van der Waals surface area contributed by atoms with Crippen molar-refractivity contribution in [3.63, 3.8) is 0 Å². The molecule has 0 unspecified atom stereocenters. The fourth-order valence-corrected chi connectivity index (χ4v) is 3.01. The Morgan fingerprint density at radius 1 is 0.952 bits per heavy atom. The second-order valence-electron chi connectivity index (χ2n) is 5.65. The lowest BCUT2D eigenvalue weighted by atomic mass is 10.1. The Labute approximate surface area is 124 Å². The number of benzene rings is 2. The van der Waals surface area contributed by atoms with Crippen LogP contribution >= 0.6 is 0 Å². The molecule has 0 atom stereocenters. The van der Waals surface area contributed by atoms with Crippen LogP contribution in [0.25, 0.3) is 10.9 Å². The lowest BCUT2D eigenvalue weighted by Crippen LogP contribution is -1.96. The van der Waals surface area contributed by atoms with Gasteiger partial charge in [0, 0.05) is 16.6 Å². The Balaban J connectivity index is 1.88. The van der Waals surface area contributed by atoms with Crippen LogP contribution in [0.15, 0.2) is 48.5 Å². The van der Waals surface area contributed by atoms with Gasteiger partial charge in [-0.2, -0.15) is 0 Å². The summed E-state index contributed by atoms with van der Waals surface area (Å²) in [5, 5.41) is 1.11. The number of fused-ring (bicyclic) bond motifs is 2. The molecule has 4 rings (SSSR count). The molecular formula is C19H17NO. The van der Waals surface area contributed by atoms with Crippen LogP contribution in [0.3, 0.4) is 0 Å². The van der Waals surface area contributed by atoms with E-state index in [1.807, 2.05) is 24.3 Å². The molecule has 104 valence electrons. The van der Waals surface area contributed by atoms with Crippen molar-refractivity contribution >= 4 is 10.9 Å². The zero-order valence-electron chi connectivity index (χ0n) is 12.1. The van der Waals surface area contributed by atoms with Crippen LogP contribution < -0.4 is 4.74 Å². The lowest BCUT2D eigenvalue weighted by molar-refractivity contribution is 0.482. The number of hydrogen-bond acceptors (Lipinski definition) is 2. The number of para-hydroxylation sites is 1. The van der Waals surface area contributed by atoms with Gasteiger partial charge < -0.3 is 4.74 Å². The van der Waals surface area contributed by atoms with E-state index in [9.17, 15) is 0 Å².